The van der Waals surface area contributed by atoms with Crippen LogP contribution in [0.3, 0.4) is 0 Å². The molecule has 0 fully saturated rings. The first kappa shape index (κ1) is 13.2. The number of carbonyl (C=O) groups excluding carboxylic acids is 1. The lowest BCUT2D eigenvalue weighted by Gasteiger charge is -2.04. The van der Waals surface area contributed by atoms with Gasteiger partial charge in [0, 0.05) is 15.5 Å². The Hall–Kier alpha value is -1.25. The summed E-state index contributed by atoms with van der Waals surface area (Å²) in [5.74, 6) is 0.611. The van der Waals surface area contributed by atoms with Gasteiger partial charge in [-0.3, -0.25) is 4.79 Å². The summed E-state index contributed by atoms with van der Waals surface area (Å²) in [7, 11) is 0. The molecule has 3 heteroatoms. The van der Waals surface area contributed by atoms with E-state index in [9.17, 15) is 4.79 Å². The highest BCUT2D eigenvalue weighted by molar-refractivity contribution is 8.00. The molecule has 0 aliphatic rings. The van der Waals surface area contributed by atoms with Gasteiger partial charge in [-0.05, 0) is 36.8 Å². The highest BCUT2D eigenvalue weighted by atomic mass is 35.5. The molecule has 0 unspecified atom stereocenters. The summed E-state index contributed by atoms with van der Waals surface area (Å²) in [6.07, 6.45) is 0. The monoisotopic (exact) mass is 276 g/mol. The van der Waals surface area contributed by atoms with E-state index in [4.69, 9.17) is 11.6 Å². The van der Waals surface area contributed by atoms with Crippen molar-refractivity contribution in [3.63, 3.8) is 0 Å². The Balaban J connectivity index is 2.01. The van der Waals surface area contributed by atoms with Crippen molar-refractivity contribution in [3.8, 4) is 0 Å². The second kappa shape index (κ2) is 6.07. The van der Waals surface area contributed by atoms with E-state index in [-0.39, 0.29) is 5.78 Å². The van der Waals surface area contributed by atoms with Crippen LogP contribution in [-0.4, -0.2) is 11.5 Å². The van der Waals surface area contributed by atoms with Crippen molar-refractivity contribution in [2.24, 2.45) is 0 Å². The Morgan fingerprint density at radius 3 is 2.44 bits per heavy atom. The Morgan fingerprint density at radius 2 is 1.78 bits per heavy atom. The second-order valence-corrected chi connectivity index (χ2v) is 5.47. The van der Waals surface area contributed by atoms with Crippen molar-refractivity contribution in [3.05, 3.63) is 64.7 Å². The van der Waals surface area contributed by atoms with Crippen LogP contribution in [0.5, 0.6) is 0 Å². The number of hydrogen-bond donors (Lipinski definition) is 0. The Bertz CT molecular complexity index is 549. The number of rotatable bonds is 4. The molecule has 0 aliphatic heterocycles. The molecule has 92 valence electrons. The van der Waals surface area contributed by atoms with Gasteiger partial charge in [-0.1, -0.05) is 35.9 Å². The molecule has 0 heterocycles. The molecule has 0 radical (unpaired) electrons. The summed E-state index contributed by atoms with van der Waals surface area (Å²) >= 11 is 7.35. The van der Waals surface area contributed by atoms with Crippen LogP contribution in [0.4, 0.5) is 0 Å². The second-order valence-electron chi connectivity index (χ2n) is 3.98. The molecule has 18 heavy (non-hydrogen) atoms. The quantitative estimate of drug-likeness (QED) is 0.598. The third-order valence-electron chi connectivity index (χ3n) is 2.63. The summed E-state index contributed by atoms with van der Waals surface area (Å²) in [5.41, 5.74) is 1.83. The molecule has 0 amide bonds. The van der Waals surface area contributed by atoms with Crippen LogP contribution in [0, 0.1) is 6.92 Å². The normalized spacial score (nSPS) is 10.3. The number of aryl methyl sites for hydroxylation is 1. The zero-order valence-electron chi connectivity index (χ0n) is 10.0. The standard InChI is InChI=1S/C15H13ClOS/c1-11-4-2-3-5-14(11)15(17)10-18-13-8-6-12(16)7-9-13/h2-9H,10H2,1H3. The molecule has 2 rings (SSSR count). The average molecular weight is 277 g/mol. The van der Waals surface area contributed by atoms with E-state index in [0.717, 1.165) is 16.0 Å². The molecule has 0 N–H and O–H groups in total. The number of benzene rings is 2. The van der Waals surface area contributed by atoms with E-state index in [1.54, 1.807) is 0 Å². The van der Waals surface area contributed by atoms with Gasteiger partial charge in [0.2, 0.25) is 0 Å². The molecule has 0 bridgehead atoms. The predicted octanol–water partition coefficient (Wildman–Crippen LogP) is 4.62. The number of thioether (sulfide) groups is 1. The fraction of sp³-hybridized carbons (Fsp3) is 0.133. The third-order valence-corrected chi connectivity index (χ3v) is 3.89. The lowest BCUT2D eigenvalue weighted by molar-refractivity contribution is 0.102. The minimum absolute atomic E-state index is 0.160. The molecule has 0 aromatic heterocycles. The Morgan fingerprint density at radius 1 is 1.11 bits per heavy atom. The molecule has 0 aliphatic carbocycles. The van der Waals surface area contributed by atoms with E-state index in [1.165, 1.54) is 11.8 Å². The molecule has 2 aromatic rings. The van der Waals surface area contributed by atoms with E-state index in [2.05, 4.69) is 0 Å². The van der Waals surface area contributed by atoms with E-state index < -0.39 is 0 Å². The van der Waals surface area contributed by atoms with Crippen molar-refractivity contribution < 1.29 is 4.79 Å². The first-order valence-corrected chi connectivity index (χ1v) is 7.00. The zero-order chi connectivity index (χ0) is 13.0. The van der Waals surface area contributed by atoms with Gasteiger partial charge < -0.3 is 0 Å². The van der Waals surface area contributed by atoms with Gasteiger partial charge in [0.25, 0.3) is 0 Å². The minimum Gasteiger partial charge on any atom is -0.293 e. The smallest absolute Gasteiger partial charge is 0.173 e. The molecule has 0 spiro atoms. The van der Waals surface area contributed by atoms with E-state index in [1.807, 2.05) is 55.5 Å². The van der Waals surface area contributed by atoms with Crippen LogP contribution in [-0.2, 0) is 0 Å². The maximum Gasteiger partial charge on any atom is 0.173 e. The van der Waals surface area contributed by atoms with Gasteiger partial charge in [-0.2, -0.15) is 0 Å². The van der Waals surface area contributed by atoms with Crippen LogP contribution in [0.25, 0.3) is 0 Å². The molecule has 1 nitrogen and oxygen atoms in total. The van der Waals surface area contributed by atoms with E-state index in [0.29, 0.717) is 10.8 Å². The minimum atomic E-state index is 0.160. The lowest BCUT2D eigenvalue weighted by atomic mass is 10.1. The average Bonchev–Trinajstić information content (AvgIpc) is 2.38. The number of hydrogen-bond acceptors (Lipinski definition) is 2. The summed E-state index contributed by atoms with van der Waals surface area (Å²) in [6.45, 7) is 1.96. The van der Waals surface area contributed by atoms with Gasteiger partial charge in [0.05, 0.1) is 5.75 Å². The molecular formula is C15H13ClOS. The highest BCUT2D eigenvalue weighted by Crippen LogP contribution is 2.22. The predicted molar refractivity (Wildman–Crippen MR) is 77.7 cm³/mol. The summed E-state index contributed by atoms with van der Waals surface area (Å²) in [6, 6.07) is 15.2. The number of carbonyl (C=O) groups is 1. The van der Waals surface area contributed by atoms with Crippen LogP contribution in [0.1, 0.15) is 15.9 Å². The fourth-order valence-corrected chi connectivity index (χ4v) is 2.55. The van der Waals surface area contributed by atoms with E-state index >= 15 is 0 Å². The maximum atomic E-state index is 12.1. The molecule has 2 aromatic carbocycles. The molecule has 0 saturated heterocycles. The van der Waals surface area contributed by atoms with Gasteiger partial charge >= 0.3 is 0 Å². The Labute approximate surface area is 116 Å². The highest BCUT2D eigenvalue weighted by Gasteiger charge is 2.08. The summed E-state index contributed by atoms with van der Waals surface area (Å²) in [4.78, 5) is 13.1. The topological polar surface area (TPSA) is 17.1 Å². The maximum absolute atomic E-state index is 12.1. The first-order chi connectivity index (χ1) is 8.66. The third kappa shape index (κ3) is 3.37. The molecular weight excluding hydrogens is 264 g/mol. The first-order valence-electron chi connectivity index (χ1n) is 5.64. The summed E-state index contributed by atoms with van der Waals surface area (Å²) < 4.78 is 0. The van der Waals surface area contributed by atoms with Crippen molar-refractivity contribution in [2.75, 3.05) is 5.75 Å². The SMILES string of the molecule is Cc1ccccc1C(=O)CSc1ccc(Cl)cc1. The van der Waals surface area contributed by atoms with Crippen LogP contribution < -0.4 is 0 Å². The lowest BCUT2D eigenvalue weighted by Crippen LogP contribution is -2.04. The fourth-order valence-electron chi connectivity index (χ4n) is 1.64. The van der Waals surface area contributed by atoms with Gasteiger partial charge in [0.15, 0.2) is 5.78 Å². The van der Waals surface area contributed by atoms with Gasteiger partial charge in [0.1, 0.15) is 0 Å². The number of halogens is 1. The molecule has 0 atom stereocenters. The number of ketones is 1. The van der Waals surface area contributed by atoms with Crippen molar-refractivity contribution in [1.29, 1.82) is 0 Å². The largest absolute Gasteiger partial charge is 0.293 e. The van der Waals surface area contributed by atoms with Gasteiger partial charge in [-0.25, -0.2) is 0 Å². The zero-order valence-corrected chi connectivity index (χ0v) is 11.6. The summed E-state index contributed by atoms with van der Waals surface area (Å²) in [5, 5.41) is 0.713. The number of Topliss-reactive ketones (excluding diaryl/α,β-unsaturated/α-hetero) is 1. The van der Waals surface area contributed by atoms with Crippen molar-refractivity contribution in [2.45, 2.75) is 11.8 Å². The van der Waals surface area contributed by atoms with Crippen LogP contribution >= 0.6 is 23.4 Å². The van der Waals surface area contributed by atoms with Crippen molar-refractivity contribution in [1.82, 2.24) is 0 Å². The molecule has 0 saturated carbocycles. The van der Waals surface area contributed by atoms with Crippen LogP contribution in [0.15, 0.2) is 53.4 Å². The Kier molecular flexibility index (Phi) is 4.45. The van der Waals surface area contributed by atoms with Crippen LogP contribution in [0.2, 0.25) is 5.02 Å². The van der Waals surface area contributed by atoms with Crippen molar-refractivity contribution >= 4 is 29.1 Å². The van der Waals surface area contributed by atoms with Gasteiger partial charge in [-0.15, -0.1) is 11.8 Å².